The molecule has 1 heterocycles. The largest absolute Gasteiger partial charge is 0.473 e. The summed E-state index contributed by atoms with van der Waals surface area (Å²) in [7, 11) is 2.07. The monoisotopic (exact) mass is 290 g/mol. The highest BCUT2D eigenvalue weighted by atomic mass is 16.5. The first-order valence-corrected chi connectivity index (χ1v) is 8.02. The summed E-state index contributed by atoms with van der Waals surface area (Å²) < 4.78 is 5.65. The molecule has 0 aliphatic heterocycles. The van der Waals surface area contributed by atoms with E-state index in [0.717, 1.165) is 30.1 Å². The normalized spacial score (nSPS) is 27.3. The Labute approximate surface area is 126 Å². The van der Waals surface area contributed by atoms with Gasteiger partial charge in [0.25, 0.3) is 0 Å². The van der Waals surface area contributed by atoms with Crippen molar-refractivity contribution in [2.24, 2.45) is 17.8 Å². The van der Waals surface area contributed by atoms with Crippen molar-refractivity contribution >= 4 is 11.5 Å². The van der Waals surface area contributed by atoms with E-state index in [2.05, 4.69) is 21.9 Å². The van der Waals surface area contributed by atoms with Crippen LogP contribution in [-0.4, -0.2) is 29.7 Å². The maximum absolute atomic E-state index is 6.19. The minimum atomic E-state index is 0.0610. The third kappa shape index (κ3) is 2.92. The predicted octanol–water partition coefficient (Wildman–Crippen LogP) is 2.72. The highest BCUT2D eigenvalue weighted by Crippen LogP contribution is 2.48. The lowest BCUT2D eigenvalue weighted by Gasteiger charge is -2.28. The van der Waals surface area contributed by atoms with Crippen LogP contribution in [0.4, 0.5) is 11.5 Å². The SMILES string of the molecule is CC(C)Oc1ncnc(N(C)CC2CC3CCC2C3)c1N. The molecule has 0 spiro atoms. The summed E-state index contributed by atoms with van der Waals surface area (Å²) in [6.07, 6.45) is 7.25. The first-order valence-electron chi connectivity index (χ1n) is 8.02. The molecule has 3 unspecified atom stereocenters. The van der Waals surface area contributed by atoms with Gasteiger partial charge >= 0.3 is 0 Å². The summed E-state index contributed by atoms with van der Waals surface area (Å²) in [5.41, 5.74) is 6.74. The summed E-state index contributed by atoms with van der Waals surface area (Å²) in [4.78, 5) is 10.7. The van der Waals surface area contributed by atoms with E-state index in [4.69, 9.17) is 10.5 Å². The number of hydrogen-bond acceptors (Lipinski definition) is 5. The van der Waals surface area contributed by atoms with E-state index in [-0.39, 0.29) is 6.10 Å². The van der Waals surface area contributed by atoms with E-state index < -0.39 is 0 Å². The number of fused-ring (bicyclic) bond motifs is 2. The van der Waals surface area contributed by atoms with E-state index in [0.29, 0.717) is 11.6 Å². The van der Waals surface area contributed by atoms with Crippen LogP contribution in [0.1, 0.15) is 39.5 Å². The number of ether oxygens (including phenoxy) is 1. The minimum absolute atomic E-state index is 0.0610. The molecule has 2 fully saturated rings. The Bertz CT molecular complexity index is 505. The lowest BCUT2D eigenvalue weighted by molar-refractivity contribution is 0.234. The Morgan fingerprint density at radius 3 is 2.76 bits per heavy atom. The number of anilines is 2. The van der Waals surface area contributed by atoms with Gasteiger partial charge in [-0.3, -0.25) is 0 Å². The first-order chi connectivity index (χ1) is 10.0. The van der Waals surface area contributed by atoms with Crippen molar-refractivity contribution < 1.29 is 4.74 Å². The molecule has 3 rings (SSSR count). The van der Waals surface area contributed by atoms with Gasteiger partial charge < -0.3 is 15.4 Å². The third-order valence-electron chi connectivity index (χ3n) is 4.93. The van der Waals surface area contributed by atoms with Crippen molar-refractivity contribution in [3.8, 4) is 5.88 Å². The van der Waals surface area contributed by atoms with Crippen molar-refractivity contribution in [2.45, 2.75) is 45.6 Å². The predicted molar refractivity (Wildman–Crippen MR) is 84.4 cm³/mol. The Kier molecular flexibility index (Phi) is 3.91. The molecule has 2 aliphatic rings. The third-order valence-corrected chi connectivity index (χ3v) is 4.93. The molecule has 1 aromatic rings. The van der Waals surface area contributed by atoms with Crippen molar-refractivity contribution in [3.63, 3.8) is 0 Å². The van der Waals surface area contributed by atoms with Gasteiger partial charge in [-0.15, -0.1) is 0 Å². The molecular formula is C16H26N4O. The van der Waals surface area contributed by atoms with Crippen LogP contribution in [0.3, 0.4) is 0 Å². The van der Waals surface area contributed by atoms with Crippen LogP contribution >= 0.6 is 0 Å². The molecule has 0 saturated heterocycles. The highest BCUT2D eigenvalue weighted by molar-refractivity contribution is 5.67. The molecule has 0 aromatic carbocycles. The molecule has 116 valence electrons. The van der Waals surface area contributed by atoms with Crippen LogP contribution in [0.5, 0.6) is 5.88 Å². The van der Waals surface area contributed by atoms with Crippen LogP contribution in [0.2, 0.25) is 0 Å². The molecule has 2 saturated carbocycles. The van der Waals surface area contributed by atoms with Crippen LogP contribution < -0.4 is 15.4 Å². The van der Waals surface area contributed by atoms with Crippen LogP contribution in [0.15, 0.2) is 6.33 Å². The zero-order valence-corrected chi connectivity index (χ0v) is 13.2. The van der Waals surface area contributed by atoms with E-state index in [1.54, 1.807) is 6.33 Å². The Hall–Kier alpha value is -1.52. The van der Waals surface area contributed by atoms with Crippen LogP contribution in [-0.2, 0) is 0 Å². The van der Waals surface area contributed by atoms with Gasteiger partial charge in [-0.25, -0.2) is 4.98 Å². The molecule has 3 atom stereocenters. The average molecular weight is 290 g/mol. The number of nitrogens with zero attached hydrogens (tertiary/aromatic N) is 3. The summed E-state index contributed by atoms with van der Waals surface area (Å²) in [5.74, 6) is 3.96. The van der Waals surface area contributed by atoms with Gasteiger partial charge in [0.1, 0.15) is 12.0 Å². The zero-order valence-electron chi connectivity index (χ0n) is 13.2. The fourth-order valence-electron chi connectivity index (χ4n) is 4.03. The molecule has 21 heavy (non-hydrogen) atoms. The number of hydrogen-bond donors (Lipinski definition) is 1. The van der Waals surface area contributed by atoms with E-state index in [1.165, 1.54) is 25.7 Å². The maximum Gasteiger partial charge on any atom is 0.242 e. The standard InChI is InChI=1S/C16H26N4O/c1-10(2)21-16-14(17)15(18-9-19-16)20(3)8-13-7-11-4-5-12(13)6-11/h9-13H,4-8,17H2,1-3H3. The van der Waals surface area contributed by atoms with Crippen molar-refractivity contribution in [2.75, 3.05) is 24.2 Å². The van der Waals surface area contributed by atoms with E-state index >= 15 is 0 Å². The fraction of sp³-hybridized carbons (Fsp3) is 0.750. The van der Waals surface area contributed by atoms with E-state index in [9.17, 15) is 0 Å². The minimum Gasteiger partial charge on any atom is -0.473 e. The van der Waals surface area contributed by atoms with Gasteiger partial charge in [-0.1, -0.05) is 6.42 Å². The zero-order chi connectivity index (χ0) is 15.0. The molecule has 2 bridgehead atoms. The van der Waals surface area contributed by atoms with Crippen LogP contribution in [0, 0.1) is 17.8 Å². The van der Waals surface area contributed by atoms with Crippen molar-refractivity contribution in [1.82, 2.24) is 9.97 Å². The average Bonchev–Trinajstić information content (AvgIpc) is 3.03. The lowest BCUT2D eigenvalue weighted by Crippen LogP contribution is -2.30. The first kappa shape index (κ1) is 14.4. The Balaban J connectivity index is 1.71. The second-order valence-corrected chi connectivity index (χ2v) is 6.90. The summed E-state index contributed by atoms with van der Waals surface area (Å²) in [5, 5.41) is 0. The Morgan fingerprint density at radius 1 is 1.33 bits per heavy atom. The van der Waals surface area contributed by atoms with Gasteiger partial charge in [0.2, 0.25) is 5.88 Å². The van der Waals surface area contributed by atoms with E-state index in [1.807, 2.05) is 13.8 Å². The molecule has 0 amide bonds. The number of nitrogen functional groups attached to an aromatic ring is 1. The fourth-order valence-corrected chi connectivity index (χ4v) is 4.03. The Morgan fingerprint density at radius 2 is 2.14 bits per heavy atom. The highest BCUT2D eigenvalue weighted by Gasteiger charge is 2.39. The topological polar surface area (TPSA) is 64.3 Å². The van der Waals surface area contributed by atoms with Gasteiger partial charge in [0, 0.05) is 13.6 Å². The molecule has 0 radical (unpaired) electrons. The molecule has 2 aliphatic carbocycles. The lowest BCUT2D eigenvalue weighted by atomic mass is 9.88. The number of rotatable bonds is 5. The number of nitrogens with two attached hydrogens (primary N) is 1. The molecule has 5 nitrogen and oxygen atoms in total. The quantitative estimate of drug-likeness (QED) is 0.903. The number of aromatic nitrogens is 2. The summed E-state index contributed by atoms with van der Waals surface area (Å²) in [6.45, 7) is 4.98. The van der Waals surface area contributed by atoms with Gasteiger partial charge in [0.15, 0.2) is 5.82 Å². The van der Waals surface area contributed by atoms with Crippen molar-refractivity contribution in [3.05, 3.63) is 6.33 Å². The smallest absolute Gasteiger partial charge is 0.242 e. The molecular weight excluding hydrogens is 264 g/mol. The van der Waals surface area contributed by atoms with Crippen LogP contribution in [0.25, 0.3) is 0 Å². The molecule has 1 aromatic heterocycles. The molecule has 5 heteroatoms. The summed E-state index contributed by atoms with van der Waals surface area (Å²) in [6, 6.07) is 0. The van der Waals surface area contributed by atoms with Crippen molar-refractivity contribution in [1.29, 1.82) is 0 Å². The molecule has 2 N–H and O–H groups in total. The second kappa shape index (κ2) is 5.70. The van der Waals surface area contributed by atoms with Gasteiger partial charge in [0.05, 0.1) is 6.10 Å². The second-order valence-electron chi connectivity index (χ2n) is 6.90. The van der Waals surface area contributed by atoms with Gasteiger partial charge in [-0.05, 0) is 50.9 Å². The summed E-state index contributed by atoms with van der Waals surface area (Å²) >= 11 is 0. The maximum atomic E-state index is 6.19. The van der Waals surface area contributed by atoms with Gasteiger partial charge in [-0.2, -0.15) is 4.98 Å².